The number of benzene rings is 1. The van der Waals surface area contributed by atoms with Gasteiger partial charge in [-0.05, 0) is 51.2 Å². The van der Waals surface area contributed by atoms with Crippen molar-refractivity contribution in [2.24, 2.45) is 0 Å². The van der Waals surface area contributed by atoms with Crippen molar-refractivity contribution in [3.63, 3.8) is 0 Å². The van der Waals surface area contributed by atoms with Crippen LogP contribution >= 0.6 is 45.2 Å². The summed E-state index contributed by atoms with van der Waals surface area (Å²) in [7, 11) is 1.69. The highest BCUT2D eigenvalue weighted by molar-refractivity contribution is 14.1. The Morgan fingerprint density at radius 2 is 2.07 bits per heavy atom. The van der Waals surface area contributed by atoms with E-state index in [2.05, 4.69) is 51.2 Å². The summed E-state index contributed by atoms with van der Waals surface area (Å²) in [6.07, 6.45) is 0.0497. The lowest BCUT2D eigenvalue weighted by Crippen LogP contribution is -2.00. The van der Waals surface area contributed by atoms with Gasteiger partial charge in [0, 0.05) is 12.7 Å². The van der Waals surface area contributed by atoms with Crippen LogP contribution in [-0.4, -0.2) is 13.7 Å². The number of methoxy groups -OCH3 is 1. The molecule has 0 aromatic heterocycles. The summed E-state index contributed by atoms with van der Waals surface area (Å²) in [4.78, 5) is 0. The first-order valence-corrected chi connectivity index (χ1v) is 6.68. The largest absolute Gasteiger partial charge is 0.496 e. The van der Waals surface area contributed by atoms with Gasteiger partial charge in [-0.15, -0.1) is 0 Å². The van der Waals surface area contributed by atoms with Gasteiger partial charge in [0.2, 0.25) is 0 Å². The van der Waals surface area contributed by atoms with E-state index in [-0.39, 0.29) is 6.10 Å². The van der Waals surface area contributed by atoms with Crippen LogP contribution in [0.2, 0.25) is 0 Å². The van der Waals surface area contributed by atoms with Crippen LogP contribution in [0.5, 0.6) is 5.75 Å². The van der Waals surface area contributed by atoms with E-state index < -0.39 is 0 Å². The molecule has 15 heavy (non-hydrogen) atoms. The van der Waals surface area contributed by atoms with Crippen LogP contribution in [0.4, 0.5) is 0 Å². The van der Waals surface area contributed by atoms with E-state index in [1.165, 1.54) is 7.16 Å². The zero-order chi connectivity index (χ0) is 10.8. The number of hydrogen-bond acceptors (Lipinski definition) is 2. The van der Waals surface area contributed by atoms with E-state index in [1.807, 2.05) is 18.2 Å². The molecule has 80 valence electrons. The van der Waals surface area contributed by atoms with E-state index in [0.717, 1.165) is 11.3 Å². The van der Waals surface area contributed by atoms with E-state index in [1.54, 1.807) is 7.11 Å². The summed E-state index contributed by atoms with van der Waals surface area (Å²) in [5.41, 5.74) is 1.11. The summed E-state index contributed by atoms with van der Waals surface area (Å²) in [5.74, 6) is 0.891. The second-order valence-electron chi connectivity index (χ2n) is 3.19. The molecule has 0 N–H and O–H groups in total. The summed E-state index contributed by atoms with van der Waals surface area (Å²) in [6.45, 7) is 0.710. The Bertz CT molecular complexity index is 401. The maximum atomic E-state index is 5.74. The maximum Gasteiger partial charge on any atom is 0.125 e. The Labute approximate surface area is 116 Å². The molecule has 1 atom stereocenters. The molecule has 0 fully saturated rings. The van der Waals surface area contributed by atoms with Crippen LogP contribution in [0.1, 0.15) is 11.7 Å². The molecule has 0 radical (unpaired) electrons. The minimum atomic E-state index is 0.0497. The molecule has 1 aliphatic rings. The van der Waals surface area contributed by atoms with Crippen molar-refractivity contribution in [3.05, 3.63) is 37.0 Å². The van der Waals surface area contributed by atoms with Crippen molar-refractivity contribution < 1.29 is 9.47 Å². The highest BCUT2D eigenvalue weighted by atomic mass is 127. The highest BCUT2D eigenvalue weighted by Gasteiger charge is 2.26. The fraction of sp³-hybridized carbons (Fsp3) is 0.273. The zero-order valence-electron chi connectivity index (χ0n) is 8.17. The molecular formula is C11H10I2O2. The van der Waals surface area contributed by atoms with Crippen LogP contribution in [0.3, 0.4) is 0 Å². The minimum Gasteiger partial charge on any atom is -0.496 e. The van der Waals surface area contributed by atoms with Crippen molar-refractivity contribution >= 4 is 45.2 Å². The summed E-state index contributed by atoms with van der Waals surface area (Å²) < 4.78 is 13.6. The van der Waals surface area contributed by atoms with Crippen LogP contribution in [-0.2, 0) is 4.74 Å². The standard InChI is InChI=1S/C11H10I2O2/c1-14-9-5-3-2-4-7(9)11-10(13)8(12)6-15-11/h2-5,11H,6H2,1H3. The molecule has 1 aromatic rings. The smallest absolute Gasteiger partial charge is 0.125 e. The highest BCUT2D eigenvalue weighted by Crippen LogP contribution is 2.43. The Morgan fingerprint density at radius 3 is 2.67 bits per heavy atom. The average molecular weight is 428 g/mol. The lowest BCUT2D eigenvalue weighted by atomic mass is 10.1. The SMILES string of the molecule is COc1ccccc1C1OCC(I)=C1I. The normalized spacial score (nSPS) is 20.9. The molecule has 2 nitrogen and oxygen atoms in total. The van der Waals surface area contributed by atoms with Gasteiger partial charge in [0.25, 0.3) is 0 Å². The van der Waals surface area contributed by atoms with E-state index in [0.29, 0.717) is 6.61 Å². The van der Waals surface area contributed by atoms with Gasteiger partial charge in [0.05, 0.1) is 13.7 Å². The Morgan fingerprint density at radius 1 is 1.33 bits per heavy atom. The number of ether oxygens (including phenoxy) is 2. The van der Waals surface area contributed by atoms with Gasteiger partial charge in [0.15, 0.2) is 0 Å². The average Bonchev–Trinajstić information content (AvgIpc) is 2.60. The summed E-state index contributed by atoms with van der Waals surface area (Å²) >= 11 is 4.68. The molecule has 1 unspecified atom stereocenters. The van der Waals surface area contributed by atoms with Crippen LogP contribution in [0.25, 0.3) is 0 Å². The van der Waals surface area contributed by atoms with Gasteiger partial charge >= 0.3 is 0 Å². The van der Waals surface area contributed by atoms with Crippen LogP contribution in [0, 0.1) is 0 Å². The quantitative estimate of drug-likeness (QED) is 0.667. The Kier molecular flexibility index (Phi) is 3.89. The first kappa shape index (κ1) is 11.7. The molecule has 2 rings (SSSR count). The number of hydrogen-bond donors (Lipinski definition) is 0. The molecule has 0 aliphatic carbocycles. The number of para-hydroxylation sites is 1. The second-order valence-corrected chi connectivity index (χ2v) is 5.65. The topological polar surface area (TPSA) is 18.5 Å². The van der Waals surface area contributed by atoms with E-state index in [4.69, 9.17) is 9.47 Å². The number of rotatable bonds is 2. The Balaban J connectivity index is 2.38. The molecular weight excluding hydrogens is 418 g/mol. The molecule has 1 heterocycles. The third kappa shape index (κ3) is 2.31. The molecule has 0 amide bonds. The summed E-state index contributed by atoms with van der Waals surface area (Å²) in [5, 5.41) is 0. The predicted molar refractivity (Wildman–Crippen MR) is 76.8 cm³/mol. The second kappa shape index (κ2) is 5.01. The lowest BCUT2D eigenvalue weighted by Gasteiger charge is -2.14. The fourth-order valence-corrected chi connectivity index (χ4v) is 2.68. The monoisotopic (exact) mass is 428 g/mol. The van der Waals surface area contributed by atoms with Crippen LogP contribution in [0.15, 0.2) is 31.4 Å². The van der Waals surface area contributed by atoms with Gasteiger partial charge in [-0.3, -0.25) is 0 Å². The van der Waals surface area contributed by atoms with Crippen molar-refractivity contribution in [1.29, 1.82) is 0 Å². The Hall–Kier alpha value is 0.180. The van der Waals surface area contributed by atoms with Crippen LogP contribution < -0.4 is 4.74 Å². The van der Waals surface area contributed by atoms with Gasteiger partial charge in [-0.1, -0.05) is 18.2 Å². The van der Waals surface area contributed by atoms with Gasteiger partial charge < -0.3 is 9.47 Å². The summed E-state index contributed by atoms with van der Waals surface area (Å²) in [6, 6.07) is 8.00. The van der Waals surface area contributed by atoms with Crippen molar-refractivity contribution in [2.75, 3.05) is 13.7 Å². The molecule has 4 heteroatoms. The maximum absolute atomic E-state index is 5.74. The van der Waals surface area contributed by atoms with Gasteiger partial charge in [-0.2, -0.15) is 0 Å². The van der Waals surface area contributed by atoms with Crippen molar-refractivity contribution in [1.82, 2.24) is 0 Å². The predicted octanol–water partition coefficient (Wildman–Crippen LogP) is 3.85. The van der Waals surface area contributed by atoms with E-state index >= 15 is 0 Å². The third-order valence-electron chi connectivity index (χ3n) is 2.29. The van der Waals surface area contributed by atoms with Gasteiger partial charge in [0.1, 0.15) is 11.9 Å². The fourth-order valence-electron chi connectivity index (χ4n) is 1.55. The number of halogens is 2. The first-order valence-electron chi connectivity index (χ1n) is 4.52. The van der Waals surface area contributed by atoms with E-state index in [9.17, 15) is 0 Å². The third-order valence-corrected chi connectivity index (χ3v) is 5.43. The molecule has 0 saturated heterocycles. The van der Waals surface area contributed by atoms with Crippen molar-refractivity contribution in [2.45, 2.75) is 6.10 Å². The van der Waals surface area contributed by atoms with Gasteiger partial charge in [-0.25, -0.2) is 0 Å². The van der Waals surface area contributed by atoms with Crippen molar-refractivity contribution in [3.8, 4) is 5.75 Å². The molecule has 1 aromatic carbocycles. The molecule has 0 saturated carbocycles. The lowest BCUT2D eigenvalue weighted by molar-refractivity contribution is 0.125. The molecule has 0 bridgehead atoms. The molecule has 1 aliphatic heterocycles. The minimum absolute atomic E-state index is 0.0497. The molecule has 0 spiro atoms. The first-order chi connectivity index (χ1) is 7.24. The zero-order valence-corrected chi connectivity index (χ0v) is 12.5.